The summed E-state index contributed by atoms with van der Waals surface area (Å²) >= 11 is 12.5. The average Bonchev–Trinajstić information content (AvgIpc) is 3.10. The Balaban J connectivity index is 1.84. The maximum atomic E-state index is 14.6. The van der Waals surface area contributed by atoms with Crippen LogP contribution in [0.2, 0.25) is 10.0 Å². The third-order valence-electron chi connectivity index (χ3n) is 7.95. The van der Waals surface area contributed by atoms with E-state index in [0.717, 1.165) is 22.0 Å². The molecular weight excluding hydrogens is 692 g/mol. The first-order valence-corrected chi connectivity index (χ1v) is 17.7. The number of hydrogen-bond acceptors (Lipinski definition) is 6. The minimum atomic E-state index is -4.48. The Hall–Kier alpha value is -4.32. The zero-order valence-electron chi connectivity index (χ0n) is 27.5. The molecule has 2 amide bonds. The van der Waals surface area contributed by atoms with E-state index in [0.29, 0.717) is 22.8 Å². The van der Waals surface area contributed by atoms with Crippen LogP contribution in [0.5, 0.6) is 11.5 Å². The lowest BCUT2D eigenvalue weighted by molar-refractivity contribution is -0.140. The third-order valence-corrected chi connectivity index (χ3v) is 10.5. The van der Waals surface area contributed by atoms with Crippen molar-refractivity contribution in [2.24, 2.45) is 0 Å². The SMILES string of the molecule is CCC(C)NC(=O)C(Cc1ccccc1)N(Cc1ccc(Cl)c(Cl)c1)C(=O)CN(c1ccc(F)cc1)S(=O)(=O)c1ccc(OC)c(OC)c1. The van der Waals surface area contributed by atoms with Gasteiger partial charge in [0.05, 0.1) is 34.8 Å². The van der Waals surface area contributed by atoms with Crippen LogP contribution < -0.4 is 19.1 Å². The van der Waals surface area contributed by atoms with Crippen LogP contribution in [0, 0.1) is 5.82 Å². The molecule has 0 fully saturated rings. The first kappa shape index (κ1) is 37.5. The molecule has 0 spiro atoms. The Labute approximate surface area is 296 Å². The highest BCUT2D eigenvalue weighted by Crippen LogP contribution is 2.33. The highest BCUT2D eigenvalue weighted by molar-refractivity contribution is 7.92. The topological polar surface area (TPSA) is 105 Å². The number of anilines is 1. The number of sulfonamides is 1. The highest BCUT2D eigenvalue weighted by Gasteiger charge is 2.35. The second-order valence-electron chi connectivity index (χ2n) is 11.3. The van der Waals surface area contributed by atoms with Gasteiger partial charge in [-0.05, 0) is 73.0 Å². The summed E-state index contributed by atoms with van der Waals surface area (Å²) in [6.07, 6.45) is 0.779. The molecule has 13 heteroatoms. The van der Waals surface area contributed by atoms with Gasteiger partial charge in [0, 0.05) is 25.1 Å². The van der Waals surface area contributed by atoms with Crippen LogP contribution >= 0.6 is 23.2 Å². The smallest absolute Gasteiger partial charge is 0.264 e. The molecule has 0 saturated heterocycles. The van der Waals surface area contributed by atoms with Crippen molar-refractivity contribution in [2.75, 3.05) is 25.1 Å². The van der Waals surface area contributed by atoms with Gasteiger partial charge in [0.2, 0.25) is 11.8 Å². The third kappa shape index (κ3) is 9.44. The number of carbonyl (C=O) groups excluding carboxylic acids is 2. The van der Waals surface area contributed by atoms with Gasteiger partial charge in [0.15, 0.2) is 11.5 Å². The number of amides is 2. The van der Waals surface area contributed by atoms with E-state index >= 15 is 0 Å². The zero-order chi connectivity index (χ0) is 35.7. The molecule has 4 aromatic rings. The van der Waals surface area contributed by atoms with Crippen molar-refractivity contribution in [1.82, 2.24) is 10.2 Å². The fraction of sp³-hybridized carbons (Fsp3) is 0.278. The molecule has 0 aliphatic heterocycles. The normalized spacial score (nSPS) is 12.5. The number of benzene rings is 4. The van der Waals surface area contributed by atoms with Crippen molar-refractivity contribution in [2.45, 2.75) is 50.2 Å². The van der Waals surface area contributed by atoms with E-state index < -0.39 is 40.2 Å². The van der Waals surface area contributed by atoms with Crippen LogP contribution in [0.4, 0.5) is 10.1 Å². The number of hydrogen-bond donors (Lipinski definition) is 1. The van der Waals surface area contributed by atoms with Gasteiger partial charge in [0.1, 0.15) is 18.4 Å². The predicted octanol–water partition coefficient (Wildman–Crippen LogP) is 6.90. The minimum absolute atomic E-state index is 0.0303. The standard InChI is InChI=1S/C36H38Cl2FN3O6S/c1-5-24(2)40-36(44)32(20-25-9-7-6-8-10-25)41(22-26-11-17-30(37)31(38)19-26)35(43)23-42(28-14-12-27(39)13-15-28)49(45,46)29-16-18-33(47-3)34(21-29)48-4/h6-19,21,24,32H,5,20,22-23H2,1-4H3,(H,40,44). The predicted molar refractivity (Wildman–Crippen MR) is 189 cm³/mol. The lowest BCUT2D eigenvalue weighted by Gasteiger charge is -2.34. The second kappa shape index (κ2) is 16.9. The molecule has 260 valence electrons. The number of nitrogens with zero attached hydrogens (tertiary/aromatic N) is 2. The quantitative estimate of drug-likeness (QED) is 0.143. The lowest BCUT2D eigenvalue weighted by atomic mass is 10.0. The van der Waals surface area contributed by atoms with Crippen molar-refractivity contribution < 1.29 is 31.9 Å². The van der Waals surface area contributed by atoms with Crippen molar-refractivity contribution in [1.29, 1.82) is 0 Å². The molecule has 1 N–H and O–H groups in total. The van der Waals surface area contributed by atoms with Gasteiger partial charge >= 0.3 is 0 Å². The molecule has 0 heterocycles. The number of methoxy groups -OCH3 is 2. The van der Waals surface area contributed by atoms with Crippen LogP contribution in [0.15, 0.2) is 95.9 Å². The Kier molecular flexibility index (Phi) is 12.9. The van der Waals surface area contributed by atoms with Gasteiger partial charge < -0.3 is 19.7 Å². The molecule has 0 bridgehead atoms. The summed E-state index contributed by atoms with van der Waals surface area (Å²) in [5.41, 5.74) is 1.38. The average molecular weight is 731 g/mol. The largest absolute Gasteiger partial charge is 0.493 e. The van der Waals surface area contributed by atoms with Crippen molar-refractivity contribution in [3.63, 3.8) is 0 Å². The van der Waals surface area contributed by atoms with E-state index in [4.69, 9.17) is 32.7 Å². The molecule has 0 saturated carbocycles. The maximum absolute atomic E-state index is 14.6. The Morgan fingerprint density at radius 3 is 2.14 bits per heavy atom. The summed E-state index contributed by atoms with van der Waals surface area (Å²) in [5, 5.41) is 3.54. The van der Waals surface area contributed by atoms with E-state index in [2.05, 4.69) is 5.32 Å². The number of halogens is 3. The van der Waals surface area contributed by atoms with Gasteiger partial charge in [-0.15, -0.1) is 0 Å². The molecule has 2 unspecified atom stereocenters. The molecule has 4 aromatic carbocycles. The molecule has 0 radical (unpaired) electrons. The van der Waals surface area contributed by atoms with Gasteiger partial charge in [0.25, 0.3) is 10.0 Å². The molecule has 9 nitrogen and oxygen atoms in total. The summed E-state index contributed by atoms with van der Waals surface area (Å²) in [6, 6.07) is 21.6. The minimum Gasteiger partial charge on any atom is -0.493 e. The van der Waals surface area contributed by atoms with E-state index in [1.807, 2.05) is 44.2 Å². The monoisotopic (exact) mass is 729 g/mol. The van der Waals surface area contributed by atoms with Crippen LogP contribution in [0.25, 0.3) is 0 Å². The fourth-order valence-electron chi connectivity index (χ4n) is 5.07. The first-order valence-electron chi connectivity index (χ1n) is 15.5. The van der Waals surface area contributed by atoms with Gasteiger partial charge in [-0.2, -0.15) is 0 Å². The summed E-state index contributed by atoms with van der Waals surface area (Å²) in [7, 11) is -1.69. The molecule has 4 rings (SSSR count). The van der Waals surface area contributed by atoms with Crippen molar-refractivity contribution in [3.8, 4) is 11.5 Å². The van der Waals surface area contributed by atoms with Crippen LogP contribution in [0.1, 0.15) is 31.4 Å². The number of nitrogens with one attached hydrogen (secondary N) is 1. The van der Waals surface area contributed by atoms with Gasteiger partial charge in [-0.25, -0.2) is 12.8 Å². The highest BCUT2D eigenvalue weighted by atomic mass is 35.5. The molecule has 0 aliphatic carbocycles. The second-order valence-corrected chi connectivity index (χ2v) is 14.0. The number of rotatable bonds is 15. The van der Waals surface area contributed by atoms with E-state index in [1.54, 1.807) is 18.2 Å². The Morgan fingerprint density at radius 2 is 1.53 bits per heavy atom. The summed E-state index contributed by atoms with van der Waals surface area (Å²) in [4.78, 5) is 29.7. The van der Waals surface area contributed by atoms with Crippen LogP contribution in [-0.2, 0) is 32.6 Å². The van der Waals surface area contributed by atoms with E-state index in [1.165, 1.54) is 49.5 Å². The zero-order valence-corrected chi connectivity index (χ0v) is 29.9. The van der Waals surface area contributed by atoms with Crippen molar-refractivity contribution >= 4 is 50.7 Å². The van der Waals surface area contributed by atoms with E-state index in [-0.39, 0.29) is 40.4 Å². The first-order chi connectivity index (χ1) is 23.4. The summed E-state index contributed by atoms with van der Waals surface area (Å²) < 4.78 is 54.2. The molecule has 0 aliphatic rings. The molecule has 49 heavy (non-hydrogen) atoms. The fourth-order valence-corrected chi connectivity index (χ4v) is 6.82. The van der Waals surface area contributed by atoms with Crippen LogP contribution in [0.3, 0.4) is 0 Å². The number of carbonyl (C=O) groups is 2. The Bertz CT molecular complexity index is 1860. The summed E-state index contributed by atoms with van der Waals surface area (Å²) in [5.74, 6) is -1.25. The van der Waals surface area contributed by atoms with Gasteiger partial charge in [-0.3, -0.25) is 13.9 Å². The summed E-state index contributed by atoms with van der Waals surface area (Å²) in [6.45, 7) is 2.95. The lowest BCUT2D eigenvalue weighted by Crippen LogP contribution is -2.54. The molecular formula is C36H38Cl2FN3O6S. The maximum Gasteiger partial charge on any atom is 0.264 e. The van der Waals surface area contributed by atoms with Gasteiger partial charge in [-0.1, -0.05) is 66.5 Å². The van der Waals surface area contributed by atoms with E-state index in [9.17, 15) is 22.4 Å². The van der Waals surface area contributed by atoms with Crippen molar-refractivity contribution in [3.05, 3.63) is 118 Å². The Morgan fingerprint density at radius 1 is 0.857 bits per heavy atom. The number of ether oxygens (including phenoxy) is 2. The molecule has 2 atom stereocenters. The van der Waals surface area contributed by atoms with Crippen LogP contribution in [-0.4, -0.2) is 58.0 Å². The molecule has 0 aromatic heterocycles.